The standard InChI is InChI=1S/C14H22N2O3S.ClH/c1-2-19-13-4-3-5-14(10-13)20(17,18)16-12-8-6-11(15)7-9-12;/h3-5,10-12,16H,2,6-9,15H2,1H3;1H. The third-order valence-corrected chi connectivity index (χ3v) is 5.04. The Morgan fingerprint density at radius 2 is 1.95 bits per heavy atom. The highest BCUT2D eigenvalue weighted by Crippen LogP contribution is 2.21. The third kappa shape index (κ3) is 5.14. The van der Waals surface area contributed by atoms with E-state index in [1.807, 2.05) is 6.92 Å². The molecule has 21 heavy (non-hydrogen) atoms. The Morgan fingerprint density at radius 1 is 1.29 bits per heavy atom. The number of halogens is 1. The van der Waals surface area contributed by atoms with E-state index in [4.69, 9.17) is 10.5 Å². The molecule has 1 aromatic carbocycles. The van der Waals surface area contributed by atoms with E-state index in [0.29, 0.717) is 12.4 Å². The first kappa shape index (κ1) is 18.2. The van der Waals surface area contributed by atoms with Crippen molar-refractivity contribution in [3.05, 3.63) is 24.3 Å². The van der Waals surface area contributed by atoms with Gasteiger partial charge in [-0.3, -0.25) is 0 Å². The summed E-state index contributed by atoms with van der Waals surface area (Å²) in [7, 11) is -3.49. The lowest BCUT2D eigenvalue weighted by Crippen LogP contribution is -2.40. The average Bonchev–Trinajstić information content (AvgIpc) is 2.42. The molecule has 0 atom stereocenters. The molecule has 7 heteroatoms. The Labute approximate surface area is 132 Å². The number of nitrogens with one attached hydrogen (secondary N) is 1. The third-order valence-electron chi connectivity index (χ3n) is 3.52. The molecule has 1 aliphatic carbocycles. The Morgan fingerprint density at radius 3 is 2.57 bits per heavy atom. The summed E-state index contributed by atoms with van der Waals surface area (Å²) in [5.74, 6) is 0.570. The zero-order chi connectivity index (χ0) is 14.6. The highest BCUT2D eigenvalue weighted by atomic mass is 35.5. The van der Waals surface area contributed by atoms with Gasteiger partial charge in [0, 0.05) is 18.2 Å². The topological polar surface area (TPSA) is 81.4 Å². The number of hydrogen-bond acceptors (Lipinski definition) is 4. The van der Waals surface area contributed by atoms with Crippen molar-refractivity contribution in [1.29, 1.82) is 0 Å². The van der Waals surface area contributed by atoms with Gasteiger partial charge in [0.25, 0.3) is 0 Å². The Kier molecular flexibility index (Phi) is 6.93. The van der Waals surface area contributed by atoms with Gasteiger partial charge in [-0.1, -0.05) is 6.07 Å². The first-order valence-electron chi connectivity index (χ1n) is 7.02. The summed E-state index contributed by atoms with van der Waals surface area (Å²) in [5, 5.41) is 0. The summed E-state index contributed by atoms with van der Waals surface area (Å²) in [4.78, 5) is 0.248. The Hall–Kier alpha value is -0.820. The van der Waals surface area contributed by atoms with Crippen LogP contribution in [-0.4, -0.2) is 27.1 Å². The van der Waals surface area contributed by atoms with Gasteiger partial charge in [-0.05, 0) is 44.7 Å². The van der Waals surface area contributed by atoms with Crippen LogP contribution in [0.5, 0.6) is 5.75 Å². The van der Waals surface area contributed by atoms with Gasteiger partial charge in [-0.25, -0.2) is 13.1 Å². The highest BCUT2D eigenvalue weighted by molar-refractivity contribution is 7.89. The van der Waals surface area contributed by atoms with Gasteiger partial charge >= 0.3 is 0 Å². The van der Waals surface area contributed by atoms with Crippen molar-refractivity contribution in [1.82, 2.24) is 4.72 Å². The number of ether oxygens (including phenoxy) is 1. The number of sulfonamides is 1. The maximum atomic E-state index is 12.3. The van der Waals surface area contributed by atoms with Crippen molar-refractivity contribution < 1.29 is 13.2 Å². The van der Waals surface area contributed by atoms with Crippen molar-refractivity contribution in [2.24, 2.45) is 5.73 Å². The first-order valence-corrected chi connectivity index (χ1v) is 8.50. The van der Waals surface area contributed by atoms with Gasteiger partial charge in [-0.2, -0.15) is 0 Å². The summed E-state index contributed by atoms with van der Waals surface area (Å²) in [6, 6.07) is 6.77. The fourth-order valence-corrected chi connectivity index (χ4v) is 3.76. The highest BCUT2D eigenvalue weighted by Gasteiger charge is 2.24. The van der Waals surface area contributed by atoms with Gasteiger partial charge < -0.3 is 10.5 Å². The van der Waals surface area contributed by atoms with E-state index in [1.165, 1.54) is 0 Å². The largest absolute Gasteiger partial charge is 0.494 e. The van der Waals surface area contributed by atoms with Crippen LogP contribution >= 0.6 is 12.4 Å². The fraction of sp³-hybridized carbons (Fsp3) is 0.571. The van der Waals surface area contributed by atoms with E-state index in [9.17, 15) is 8.42 Å². The van der Waals surface area contributed by atoms with E-state index < -0.39 is 10.0 Å². The lowest BCUT2D eigenvalue weighted by molar-refractivity contribution is 0.339. The minimum absolute atomic E-state index is 0. The lowest BCUT2D eigenvalue weighted by atomic mass is 9.93. The second-order valence-electron chi connectivity index (χ2n) is 5.14. The molecule has 0 spiro atoms. The molecular formula is C14H23ClN2O3S. The molecule has 1 fully saturated rings. The quantitative estimate of drug-likeness (QED) is 0.863. The summed E-state index contributed by atoms with van der Waals surface area (Å²) < 4.78 is 32.8. The van der Waals surface area contributed by atoms with E-state index >= 15 is 0 Å². The van der Waals surface area contributed by atoms with Crippen molar-refractivity contribution in [2.75, 3.05) is 6.61 Å². The lowest BCUT2D eigenvalue weighted by Gasteiger charge is -2.26. The first-order chi connectivity index (χ1) is 9.51. The van der Waals surface area contributed by atoms with Gasteiger partial charge in [0.15, 0.2) is 0 Å². The van der Waals surface area contributed by atoms with E-state index in [2.05, 4.69) is 4.72 Å². The zero-order valence-electron chi connectivity index (χ0n) is 12.1. The number of rotatable bonds is 5. The second-order valence-corrected chi connectivity index (χ2v) is 6.85. The molecule has 0 unspecified atom stereocenters. The minimum atomic E-state index is -3.49. The second kappa shape index (κ2) is 7.98. The summed E-state index contributed by atoms with van der Waals surface area (Å²) >= 11 is 0. The van der Waals surface area contributed by atoms with Crippen LogP contribution in [-0.2, 0) is 10.0 Å². The summed E-state index contributed by atoms with van der Waals surface area (Å²) in [5.41, 5.74) is 5.83. The van der Waals surface area contributed by atoms with Crippen molar-refractivity contribution in [3.8, 4) is 5.75 Å². The zero-order valence-corrected chi connectivity index (χ0v) is 13.8. The molecule has 0 radical (unpaired) electrons. The molecule has 1 aliphatic rings. The smallest absolute Gasteiger partial charge is 0.240 e. The monoisotopic (exact) mass is 334 g/mol. The van der Waals surface area contributed by atoms with Gasteiger partial charge in [0.1, 0.15) is 5.75 Å². The van der Waals surface area contributed by atoms with Crippen LogP contribution in [0, 0.1) is 0 Å². The molecule has 0 saturated heterocycles. The van der Waals surface area contributed by atoms with Crippen molar-refractivity contribution >= 4 is 22.4 Å². The van der Waals surface area contributed by atoms with Gasteiger partial charge in [0.2, 0.25) is 10.0 Å². The van der Waals surface area contributed by atoms with E-state index in [-0.39, 0.29) is 29.4 Å². The molecular weight excluding hydrogens is 312 g/mol. The Balaban J connectivity index is 0.00000220. The van der Waals surface area contributed by atoms with Crippen LogP contribution in [0.4, 0.5) is 0 Å². The number of benzene rings is 1. The molecule has 2 rings (SSSR count). The molecule has 0 bridgehead atoms. The number of hydrogen-bond donors (Lipinski definition) is 2. The molecule has 1 saturated carbocycles. The van der Waals surface area contributed by atoms with Crippen LogP contribution in [0.25, 0.3) is 0 Å². The van der Waals surface area contributed by atoms with Gasteiger partial charge in [0.05, 0.1) is 11.5 Å². The molecule has 1 aromatic rings. The van der Waals surface area contributed by atoms with E-state index in [0.717, 1.165) is 25.7 Å². The van der Waals surface area contributed by atoms with Crippen LogP contribution in [0.1, 0.15) is 32.6 Å². The predicted molar refractivity (Wildman–Crippen MR) is 85.4 cm³/mol. The Bertz CT molecular complexity index is 543. The van der Waals surface area contributed by atoms with Crippen LogP contribution in [0.2, 0.25) is 0 Å². The summed E-state index contributed by atoms with van der Waals surface area (Å²) in [6.07, 6.45) is 3.33. The minimum Gasteiger partial charge on any atom is -0.494 e. The predicted octanol–water partition coefficient (Wildman–Crippen LogP) is 2.06. The molecule has 120 valence electrons. The number of nitrogens with two attached hydrogens (primary N) is 1. The molecule has 0 aliphatic heterocycles. The van der Waals surface area contributed by atoms with Crippen molar-refractivity contribution in [3.63, 3.8) is 0 Å². The van der Waals surface area contributed by atoms with Crippen molar-refractivity contribution in [2.45, 2.75) is 49.6 Å². The molecule has 5 nitrogen and oxygen atoms in total. The maximum absolute atomic E-state index is 12.3. The average molecular weight is 335 g/mol. The van der Waals surface area contributed by atoms with Crippen LogP contribution in [0.15, 0.2) is 29.2 Å². The molecule has 3 N–H and O–H groups in total. The molecule has 0 amide bonds. The normalized spacial score (nSPS) is 22.4. The van der Waals surface area contributed by atoms with E-state index in [1.54, 1.807) is 24.3 Å². The fourth-order valence-electron chi connectivity index (χ4n) is 2.42. The van der Waals surface area contributed by atoms with Gasteiger partial charge in [-0.15, -0.1) is 12.4 Å². The van der Waals surface area contributed by atoms with Crippen LogP contribution in [0.3, 0.4) is 0 Å². The SMILES string of the molecule is CCOc1cccc(S(=O)(=O)NC2CCC(N)CC2)c1.Cl. The molecule has 0 heterocycles. The summed E-state index contributed by atoms with van der Waals surface area (Å²) in [6.45, 7) is 2.38. The van der Waals surface area contributed by atoms with Crippen LogP contribution < -0.4 is 15.2 Å². The maximum Gasteiger partial charge on any atom is 0.240 e. The molecule has 0 aromatic heterocycles.